The van der Waals surface area contributed by atoms with E-state index in [0.717, 1.165) is 5.56 Å². The minimum Gasteiger partial charge on any atom is -0.481 e. The van der Waals surface area contributed by atoms with Crippen molar-refractivity contribution in [2.24, 2.45) is 0 Å². The van der Waals surface area contributed by atoms with Gasteiger partial charge in [-0.1, -0.05) is 18.2 Å². The Morgan fingerprint density at radius 1 is 1.60 bits per heavy atom. The first-order chi connectivity index (χ1) is 7.22. The summed E-state index contributed by atoms with van der Waals surface area (Å²) in [5.74, 6) is -0.893. The molecule has 0 saturated carbocycles. The fourth-order valence-electron chi connectivity index (χ4n) is 1.04. The average Bonchev–Trinajstić information content (AvgIpc) is 2.20. The van der Waals surface area contributed by atoms with E-state index in [1.807, 2.05) is 6.07 Å². The zero-order valence-corrected chi connectivity index (χ0v) is 8.05. The largest absolute Gasteiger partial charge is 0.481 e. The summed E-state index contributed by atoms with van der Waals surface area (Å²) in [6.45, 7) is 0. The molecule has 1 aromatic heterocycles. The van der Waals surface area contributed by atoms with Crippen LogP contribution in [0.2, 0.25) is 0 Å². The molecule has 4 nitrogen and oxygen atoms in total. The molecule has 1 aromatic rings. The molecule has 0 aromatic carbocycles. The molecule has 15 heavy (non-hydrogen) atoms. The molecule has 0 spiro atoms. The van der Waals surface area contributed by atoms with Crippen LogP contribution >= 0.6 is 0 Å². The second kappa shape index (κ2) is 5.55. The van der Waals surface area contributed by atoms with Gasteiger partial charge in [-0.15, -0.1) is 0 Å². The van der Waals surface area contributed by atoms with Crippen molar-refractivity contribution in [1.82, 2.24) is 4.98 Å². The predicted octanol–water partition coefficient (Wildman–Crippen LogP) is 1.64. The number of aliphatic carboxylic acids is 1. The van der Waals surface area contributed by atoms with Crippen LogP contribution in [0.15, 0.2) is 24.4 Å². The lowest BCUT2D eigenvalue weighted by Gasteiger charge is -1.96. The highest BCUT2D eigenvalue weighted by Crippen LogP contribution is 2.03. The number of hydrogen-bond acceptors (Lipinski definition) is 3. The van der Waals surface area contributed by atoms with E-state index in [1.165, 1.54) is 0 Å². The summed E-state index contributed by atoms with van der Waals surface area (Å²) in [4.78, 5) is 14.4. The van der Waals surface area contributed by atoms with Gasteiger partial charge >= 0.3 is 5.97 Å². The Bertz CT molecular complexity index is 402. The highest BCUT2D eigenvalue weighted by molar-refractivity contribution is 5.69. The van der Waals surface area contributed by atoms with Gasteiger partial charge in [0.2, 0.25) is 0 Å². The van der Waals surface area contributed by atoms with Crippen molar-refractivity contribution < 1.29 is 9.90 Å². The van der Waals surface area contributed by atoms with E-state index in [0.29, 0.717) is 12.1 Å². The normalized spacial score (nSPS) is 10.1. The molecule has 1 rings (SSSR count). The molecule has 0 atom stereocenters. The van der Waals surface area contributed by atoms with Gasteiger partial charge in [0.05, 0.1) is 24.6 Å². The number of pyridine rings is 1. The first-order valence-corrected chi connectivity index (χ1v) is 4.42. The van der Waals surface area contributed by atoms with E-state index < -0.39 is 5.97 Å². The Hall–Kier alpha value is -2.15. The molecule has 76 valence electrons. The number of hydrogen-bond donors (Lipinski definition) is 1. The summed E-state index contributed by atoms with van der Waals surface area (Å²) in [7, 11) is 0. The second-order valence-electron chi connectivity index (χ2n) is 2.92. The van der Waals surface area contributed by atoms with Gasteiger partial charge in [-0.05, 0) is 11.6 Å². The third-order valence-electron chi connectivity index (χ3n) is 1.70. The number of nitriles is 1. The number of carboxylic acids is 1. The van der Waals surface area contributed by atoms with Crippen LogP contribution in [-0.4, -0.2) is 16.1 Å². The maximum atomic E-state index is 10.4. The van der Waals surface area contributed by atoms with Crippen LogP contribution in [0, 0.1) is 11.3 Å². The van der Waals surface area contributed by atoms with Crippen molar-refractivity contribution in [3.05, 3.63) is 35.7 Å². The highest BCUT2D eigenvalue weighted by atomic mass is 16.4. The molecule has 0 unspecified atom stereocenters. The Labute approximate surface area is 87.5 Å². The van der Waals surface area contributed by atoms with Crippen molar-refractivity contribution in [2.45, 2.75) is 12.8 Å². The SMILES string of the molecule is N#CCC=Cc1ccc(CC(=O)O)nc1. The van der Waals surface area contributed by atoms with Gasteiger partial charge in [-0.3, -0.25) is 9.78 Å². The molecule has 0 bridgehead atoms. The van der Waals surface area contributed by atoms with E-state index >= 15 is 0 Å². The van der Waals surface area contributed by atoms with Crippen molar-refractivity contribution in [3.8, 4) is 6.07 Å². The first kappa shape index (κ1) is 10.9. The molecule has 0 aliphatic rings. The number of carboxylic acid groups (broad SMARTS) is 1. The molecule has 0 aliphatic heterocycles. The molecule has 1 N–H and O–H groups in total. The number of aromatic nitrogens is 1. The number of allylic oxidation sites excluding steroid dienone is 1. The van der Waals surface area contributed by atoms with Crippen LogP contribution in [0.1, 0.15) is 17.7 Å². The van der Waals surface area contributed by atoms with Crippen molar-refractivity contribution in [3.63, 3.8) is 0 Å². The smallest absolute Gasteiger partial charge is 0.309 e. The van der Waals surface area contributed by atoms with Crippen LogP contribution in [0.4, 0.5) is 0 Å². The quantitative estimate of drug-likeness (QED) is 0.805. The minimum atomic E-state index is -0.893. The predicted molar refractivity (Wildman–Crippen MR) is 54.8 cm³/mol. The van der Waals surface area contributed by atoms with E-state index in [4.69, 9.17) is 10.4 Å². The first-order valence-electron chi connectivity index (χ1n) is 4.42. The summed E-state index contributed by atoms with van der Waals surface area (Å²) < 4.78 is 0. The topological polar surface area (TPSA) is 74.0 Å². The molecular weight excluding hydrogens is 192 g/mol. The fourth-order valence-corrected chi connectivity index (χ4v) is 1.04. The Kier molecular flexibility index (Phi) is 4.05. The van der Waals surface area contributed by atoms with Crippen molar-refractivity contribution in [2.75, 3.05) is 0 Å². The summed E-state index contributed by atoms with van der Waals surface area (Å²) >= 11 is 0. The van der Waals surface area contributed by atoms with Gasteiger partial charge in [-0.25, -0.2) is 0 Å². The molecular formula is C11H10N2O2. The van der Waals surface area contributed by atoms with Gasteiger partial charge in [0.25, 0.3) is 0 Å². The van der Waals surface area contributed by atoms with Crippen LogP contribution in [0.3, 0.4) is 0 Å². The van der Waals surface area contributed by atoms with Crippen LogP contribution < -0.4 is 0 Å². The Morgan fingerprint density at radius 2 is 2.40 bits per heavy atom. The van der Waals surface area contributed by atoms with Gasteiger partial charge in [0.15, 0.2) is 0 Å². The third-order valence-corrected chi connectivity index (χ3v) is 1.70. The lowest BCUT2D eigenvalue weighted by atomic mass is 10.2. The summed E-state index contributed by atoms with van der Waals surface area (Å²) in [6, 6.07) is 5.43. The second-order valence-corrected chi connectivity index (χ2v) is 2.92. The average molecular weight is 202 g/mol. The molecule has 0 saturated heterocycles. The minimum absolute atomic E-state index is 0.0673. The summed E-state index contributed by atoms with van der Waals surface area (Å²) in [5.41, 5.74) is 1.39. The van der Waals surface area contributed by atoms with Crippen molar-refractivity contribution >= 4 is 12.0 Å². The fraction of sp³-hybridized carbons (Fsp3) is 0.182. The lowest BCUT2D eigenvalue weighted by Crippen LogP contribution is -2.01. The molecule has 1 heterocycles. The van der Waals surface area contributed by atoms with E-state index in [9.17, 15) is 4.79 Å². The maximum absolute atomic E-state index is 10.4. The standard InChI is InChI=1S/C11H10N2O2/c12-6-2-1-3-9-4-5-10(13-8-9)7-11(14)15/h1,3-5,8H,2,7H2,(H,14,15). The molecule has 0 fully saturated rings. The van der Waals surface area contributed by atoms with Gasteiger partial charge < -0.3 is 5.11 Å². The Morgan fingerprint density at radius 3 is 2.93 bits per heavy atom. The zero-order valence-electron chi connectivity index (χ0n) is 8.05. The van der Waals surface area contributed by atoms with Crippen LogP contribution in [-0.2, 0) is 11.2 Å². The van der Waals surface area contributed by atoms with E-state index in [-0.39, 0.29) is 6.42 Å². The van der Waals surface area contributed by atoms with Gasteiger partial charge in [0.1, 0.15) is 0 Å². The summed E-state index contributed by atoms with van der Waals surface area (Å²) in [5, 5.41) is 16.8. The highest BCUT2D eigenvalue weighted by Gasteiger charge is 2.00. The Balaban J connectivity index is 2.64. The van der Waals surface area contributed by atoms with Crippen LogP contribution in [0.25, 0.3) is 6.08 Å². The van der Waals surface area contributed by atoms with Crippen LogP contribution in [0.5, 0.6) is 0 Å². The number of carbonyl (C=O) groups is 1. The molecule has 4 heteroatoms. The van der Waals surface area contributed by atoms with E-state index in [2.05, 4.69) is 4.98 Å². The molecule has 0 radical (unpaired) electrons. The van der Waals surface area contributed by atoms with Gasteiger partial charge in [-0.2, -0.15) is 5.26 Å². The maximum Gasteiger partial charge on any atom is 0.309 e. The summed E-state index contributed by atoms with van der Waals surface area (Å²) in [6.07, 6.45) is 5.39. The van der Waals surface area contributed by atoms with E-state index in [1.54, 1.807) is 30.5 Å². The van der Waals surface area contributed by atoms with Gasteiger partial charge in [0, 0.05) is 6.20 Å². The lowest BCUT2D eigenvalue weighted by molar-refractivity contribution is -0.136. The molecule has 0 amide bonds. The third kappa shape index (κ3) is 4.05. The number of rotatable bonds is 4. The molecule has 0 aliphatic carbocycles. The van der Waals surface area contributed by atoms with Crippen molar-refractivity contribution in [1.29, 1.82) is 5.26 Å². The monoisotopic (exact) mass is 202 g/mol. The zero-order chi connectivity index (χ0) is 11.1. The number of nitrogens with zero attached hydrogens (tertiary/aromatic N) is 2.